The van der Waals surface area contributed by atoms with E-state index in [1.54, 1.807) is 11.3 Å². The Labute approximate surface area is 100 Å². The topological polar surface area (TPSA) is 46.3 Å². The van der Waals surface area contributed by atoms with Crippen molar-refractivity contribution < 1.29 is 4.79 Å². The van der Waals surface area contributed by atoms with Crippen LogP contribution in [0, 0.1) is 0 Å². The molecule has 0 saturated heterocycles. The average molecular weight is 238 g/mol. The van der Waals surface area contributed by atoms with Gasteiger partial charge in [0, 0.05) is 12.6 Å². The van der Waals surface area contributed by atoms with Crippen molar-refractivity contribution in [3.63, 3.8) is 0 Å². The fourth-order valence-corrected chi connectivity index (χ4v) is 2.75. The molecule has 88 valence electrons. The molecular weight excluding hydrogens is 220 g/mol. The van der Waals surface area contributed by atoms with Gasteiger partial charge in [-0.1, -0.05) is 6.92 Å². The van der Waals surface area contributed by atoms with Gasteiger partial charge in [-0.15, -0.1) is 0 Å². The number of hydrogen-bond acceptors (Lipinski definition) is 3. The van der Waals surface area contributed by atoms with Gasteiger partial charge in [0.05, 0.1) is 6.04 Å². The predicted molar refractivity (Wildman–Crippen MR) is 66.2 cm³/mol. The quantitative estimate of drug-likeness (QED) is 0.823. The van der Waals surface area contributed by atoms with E-state index in [0.717, 1.165) is 13.0 Å². The van der Waals surface area contributed by atoms with E-state index < -0.39 is 0 Å². The van der Waals surface area contributed by atoms with Gasteiger partial charge in [-0.2, -0.15) is 11.3 Å². The molecule has 0 aromatic carbocycles. The molecule has 1 aromatic heterocycles. The van der Waals surface area contributed by atoms with Gasteiger partial charge < -0.3 is 5.73 Å². The van der Waals surface area contributed by atoms with Crippen LogP contribution in [-0.2, 0) is 11.3 Å². The van der Waals surface area contributed by atoms with Gasteiger partial charge in [-0.05, 0) is 41.7 Å². The van der Waals surface area contributed by atoms with Crippen molar-refractivity contribution in [3.8, 4) is 0 Å². The molecule has 16 heavy (non-hydrogen) atoms. The van der Waals surface area contributed by atoms with Crippen molar-refractivity contribution in [1.82, 2.24) is 4.90 Å². The van der Waals surface area contributed by atoms with Crippen LogP contribution in [0.5, 0.6) is 0 Å². The first kappa shape index (κ1) is 11.6. The molecule has 1 unspecified atom stereocenters. The van der Waals surface area contributed by atoms with E-state index >= 15 is 0 Å². The Kier molecular flexibility index (Phi) is 3.61. The maximum atomic E-state index is 11.4. The van der Waals surface area contributed by atoms with E-state index in [9.17, 15) is 4.79 Å². The van der Waals surface area contributed by atoms with Crippen molar-refractivity contribution in [3.05, 3.63) is 22.4 Å². The van der Waals surface area contributed by atoms with Crippen LogP contribution in [0.2, 0.25) is 0 Å². The minimum Gasteiger partial charge on any atom is -0.368 e. The third kappa shape index (κ3) is 2.62. The van der Waals surface area contributed by atoms with Crippen LogP contribution in [0.4, 0.5) is 0 Å². The number of nitrogens with two attached hydrogens (primary N) is 1. The molecule has 0 bridgehead atoms. The molecule has 1 atom stereocenters. The largest absolute Gasteiger partial charge is 0.368 e. The number of rotatable bonds is 6. The molecule has 1 aliphatic carbocycles. The molecule has 0 aliphatic heterocycles. The second-order valence-corrected chi connectivity index (χ2v) is 5.14. The number of hydrogen-bond donors (Lipinski definition) is 1. The van der Waals surface area contributed by atoms with Crippen LogP contribution >= 0.6 is 11.3 Å². The van der Waals surface area contributed by atoms with E-state index in [4.69, 9.17) is 5.73 Å². The molecule has 1 aliphatic rings. The van der Waals surface area contributed by atoms with Crippen LogP contribution in [0.3, 0.4) is 0 Å². The molecule has 2 N–H and O–H groups in total. The predicted octanol–water partition coefficient (Wildman–Crippen LogP) is 1.98. The van der Waals surface area contributed by atoms with Gasteiger partial charge in [0.15, 0.2) is 0 Å². The van der Waals surface area contributed by atoms with Gasteiger partial charge in [-0.25, -0.2) is 0 Å². The van der Waals surface area contributed by atoms with Crippen LogP contribution < -0.4 is 5.73 Å². The van der Waals surface area contributed by atoms with Gasteiger partial charge in [-0.3, -0.25) is 9.69 Å². The third-order valence-corrected chi connectivity index (χ3v) is 3.81. The molecule has 3 nitrogen and oxygen atoms in total. The van der Waals surface area contributed by atoms with Crippen LogP contribution in [-0.4, -0.2) is 22.9 Å². The summed E-state index contributed by atoms with van der Waals surface area (Å²) in [5.41, 5.74) is 6.75. The minimum atomic E-state index is -0.190. The molecule has 1 heterocycles. The molecule has 1 fully saturated rings. The summed E-state index contributed by atoms with van der Waals surface area (Å²) in [5, 5.41) is 4.22. The molecule has 1 amide bonds. The monoisotopic (exact) mass is 238 g/mol. The molecule has 1 aromatic rings. The van der Waals surface area contributed by atoms with Gasteiger partial charge in [0.25, 0.3) is 0 Å². The Bertz CT molecular complexity index is 346. The highest BCUT2D eigenvalue weighted by Crippen LogP contribution is 2.31. The number of thiophene rings is 1. The standard InChI is InChI=1S/C12H18N2OS/c1-2-11(12(13)15)14(10-3-4-10)7-9-5-6-16-8-9/h5-6,8,10-11H,2-4,7H2,1H3,(H2,13,15). The summed E-state index contributed by atoms with van der Waals surface area (Å²) in [5.74, 6) is -0.190. The van der Waals surface area contributed by atoms with E-state index in [-0.39, 0.29) is 11.9 Å². The van der Waals surface area contributed by atoms with Crippen LogP contribution in [0.15, 0.2) is 16.8 Å². The lowest BCUT2D eigenvalue weighted by Crippen LogP contribution is -2.45. The van der Waals surface area contributed by atoms with Crippen molar-refractivity contribution in [2.24, 2.45) is 5.73 Å². The van der Waals surface area contributed by atoms with Crippen LogP contribution in [0.1, 0.15) is 31.7 Å². The minimum absolute atomic E-state index is 0.104. The van der Waals surface area contributed by atoms with Gasteiger partial charge in [0.2, 0.25) is 5.91 Å². The van der Waals surface area contributed by atoms with E-state index in [0.29, 0.717) is 6.04 Å². The normalized spacial score (nSPS) is 17.6. The average Bonchev–Trinajstić information content (AvgIpc) is 2.96. The highest BCUT2D eigenvalue weighted by Gasteiger charge is 2.35. The van der Waals surface area contributed by atoms with E-state index in [2.05, 4.69) is 21.7 Å². The first-order chi connectivity index (χ1) is 7.72. The second kappa shape index (κ2) is 4.97. The Morgan fingerprint density at radius 1 is 1.69 bits per heavy atom. The summed E-state index contributed by atoms with van der Waals surface area (Å²) in [4.78, 5) is 13.7. The maximum absolute atomic E-state index is 11.4. The first-order valence-corrected chi connectivity index (χ1v) is 6.72. The number of nitrogens with zero attached hydrogens (tertiary/aromatic N) is 1. The summed E-state index contributed by atoms with van der Waals surface area (Å²) in [6.07, 6.45) is 3.21. The second-order valence-electron chi connectivity index (χ2n) is 4.36. The zero-order valence-electron chi connectivity index (χ0n) is 9.56. The Hall–Kier alpha value is -0.870. The summed E-state index contributed by atoms with van der Waals surface area (Å²) in [6.45, 7) is 2.88. The molecule has 4 heteroatoms. The smallest absolute Gasteiger partial charge is 0.234 e. The number of carbonyl (C=O) groups is 1. The molecule has 0 radical (unpaired) electrons. The number of amides is 1. The van der Waals surface area contributed by atoms with Crippen LogP contribution in [0.25, 0.3) is 0 Å². The molecule has 1 saturated carbocycles. The first-order valence-electron chi connectivity index (χ1n) is 5.78. The van der Waals surface area contributed by atoms with Crippen molar-refractivity contribution >= 4 is 17.2 Å². The van der Waals surface area contributed by atoms with Crippen molar-refractivity contribution in [2.75, 3.05) is 0 Å². The SMILES string of the molecule is CCC(C(N)=O)N(Cc1ccsc1)C1CC1. The summed E-state index contributed by atoms with van der Waals surface area (Å²) >= 11 is 1.70. The molecule has 0 spiro atoms. The van der Waals surface area contributed by atoms with Crippen molar-refractivity contribution in [1.29, 1.82) is 0 Å². The lowest BCUT2D eigenvalue weighted by Gasteiger charge is -2.28. The highest BCUT2D eigenvalue weighted by atomic mass is 32.1. The maximum Gasteiger partial charge on any atom is 0.234 e. The molecule has 2 rings (SSSR count). The zero-order valence-corrected chi connectivity index (χ0v) is 10.4. The highest BCUT2D eigenvalue weighted by molar-refractivity contribution is 7.07. The summed E-state index contributed by atoms with van der Waals surface area (Å²) < 4.78 is 0. The van der Waals surface area contributed by atoms with E-state index in [1.165, 1.54) is 18.4 Å². The third-order valence-electron chi connectivity index (χ3n) is 3.08. The number of primary amides is 1. The lowest BCUT2D eigenvalue weighted by molar-refractivity contribution is -0.123. The Morgan fingerprint density at radius 2 is 2.44 bits per heavy atom. The molecular formula is C12H18N2OS. The lowest BCUT2D eigenvalue weighted by atomic mass is 10.1. The Balaban J connectivity index is 2.07. The summed E-state index contributed by atoms with van der Waals surface area (Å²) in [6, 6.07) is 2.58. The fraction of sp³-hybridized carbons (Fsp3) is 0.583. The summed E-state index contributed by atoms with van der Waals surface area (Å²) in [7, 11) is 0. The fourth-order valence-electron chi connectivity index (χ4n) is 2.09. The van der Waals surface area contributed by atoms with Gasteiger partial charge in [0.1, 0.15) is 0 Å². The zero-order chi connectivity index (χ0) is 11.5. The Morgan fingerprint density at radius 3 is 2.88 bits per heavy atom. The number of carbonyl (C=O) groups excluding carboxylic acids is 1. The van der Waals surface area contributed by atoms with Crippen molar-refractivity contribution in [2.45, 2.75) is 44.8 Å². The van der Waals surface area contributed by atoms with E-state index in [1.807, 2.05) is 6.92 Å². The van der Waals surface area contributed by atoms with Gasteiger partial charge >= 0.3 is 0 Å².